The third kappa shape index (κ3) is 2.11. The van der Waals surface area contributed by atoms with E-state index in [0.29, 0.717) is 13.1 Å². The largest absolute Gasteiger partial charge is 0.497 e. The van der Waals surface area contributed by atoms with Gasteiger partial charge in [-0.15, -0.1) is 0 Å². The molecule has 0 saturated heterocycles. The maximum atomic E-state index is 10.9. The molecule has 2 N–H and O–H groups in total. The normalized spacial score (nSPS) is 15.2. The molecule has 5 heteroatoms. The minimum Gasteiger partial charge on any atom is -0.497 e. The van der Waals surface area contributed by atoms with Gasteiger partial charge in [0.15, 0.2) is 0 Å². The maximum Gasteiger partial charge on any atom is 0.407 e. The zero-order valence-corrected chi connectivity index (χ0v) is 11.2. The third-order valence-electron chi connectivity index (χ3n) is 3.71. The van der Waals surface area contributed by atoms with Crippen molar-refractivity contribution in [3.05, 3.63) is 36.0 Å². The van der Waals surface area contributed by atoms with Crippen molar-refractivity contribution in [2.75, 3.05) is 20.2 Å². The lowest BCUT2D eigenvalue weighted by Crippen LogP contribution is -2.33. The van der Waals surface area contributed by atoms with Crippen molar-refractivity contribution in [3.8, 4) is 5.75 Å². The van der Waals surface area contributed by atoms with Crippen LogP contribution in [0.5, 0.6) is 5.75 Å². The van der Waals surface area contributed by atoms with Crippen LogP contribution >= 0.6 is 0 Å². The molecule has 0 aliphatic carbocycles. The molecule has 2 aromatic rings. The van der Waals surface area contributed by atoms with Gasteiger partial charge < -0.3 is 19.7 Å². The monoisotopic (exact) mass is 272 g/mol. The van der Waals surface area contributed by atoms with E-state index in [0.717, 1.165) is 28.6 Å². The number of aromatic nitrogens is 1. The number of amides is 1. The molecule has 5 nitrogen and oxygen atoms in total. The van der Waals surface area contributed by atoms with Gasteiger partial charge in [-0.2, -0.15) is 0 Å². The Bertz CT molecular complexity index is 687. The number of hydrogen-bond acceptors (Lipinski definition) is 2. The second kappa shape index (κ2) is 4.92. The molecule has 20 heavy (non-hydrogen) atoms. The average Bonchev–Trinajstić information content (AvgIpc) is 2.90. The Morgan fingerprint density at radius 1 is 1.45 bits per heavy atom. The fourth-order valence-corrected chi connectivity index (χ4v) is 2.58. The first-order chi connectivity index (χ1) is 9.69. The summed E-state index contributed by atoms with van der Waals surface area (Å²) < 4.78 is 5.26. The number of fused-ring (bicyclic) bond motifs is 1. The molecule has 1 aromatic heterocycles. The zero-order valence-electron chi connectivity index (χ0n) is 11.2. The molecule has 0 radical (unpaired) electrons. The lowest BCUT2D eigenvalue weighted by atomic mass is 9.99. The summed E-state index contributed by atoms with van der Waals surface area (Å²) in [5.41, 5.74) is 3.37. The molecular formula is C15H16N2O3. The topological polar surface area (TPSA) is 65.6 Å². The summed E-state index contributed by atoms with van der Waals surface area (Å²) >= 11 is 0. The average molecular weight is 272 g/mol. The van der Waals surface area contributed by atoms with Gasteiger partial charge in [0.25, 0.3) is 0 Å². The van der Waals surface area contributed by atoms with E-state index in [9.17, 15) is 4.79 Å². The van der Waals surface area contributed by atoms with Gasteiger partial charge in [0.2, 0.25) is 0 Å². The van der Waals surface area contributed by atoms with Crippen LogP contribution in [0.4, 0.5) is 4.79 Å². The Balaban J connectivity index is 1.96. The second-order valence-corrected chi connectivity index (χ2v) is 4.82. The molecule has 1 amide bonds. The van der Waals surface area contributed by atoms with E-state index in [4.69, 9.17) is 9.84 Å². The van der Waals surface area contributed by atoms with Crippen LogP contribution in [0.2, 0.25) is 0 Å². The number of methoxy groups -OCH3 is 1. The van der Waals surface area contributed by atoms with Crippen molar-refractivity contribution in [1.82, 2.24) is 9.88 Å². The van der Waals surface area contributed by atoms with Crippen LogP contribution in [-0.4, -0.2) is 41.3 Å². The molecule has 1 aliphatic heterocycles. The number of nitrogens with zero attached hydrogens (tertiary/aromatic N) is 1. The summed E-state index contributed by atoms with van der Waals surface area (Å²) in [4.78, 5) is 15.6. The number of nitrogens with one attached hydrogen (secondary N) is 1. The van der Waals surface area contributed by atoms with E-state index in [-0.39, 0.29) is 0 Å². The molecule has 0 atom stereocenters. The van der Waals surface area contributed by atoms with Crippen molar-refractivity contribution in [2.24, 2.45) is 0 Å². The first-order valence-corrected chi connectivity index (χ1v) is 6.51. The highest BCUT2D eigenvalue weighted by molar-refractivity contribution is 5.93. The quantitative estimate of drug-likeness (QED) is 0.883. The Morgan fingerprint density at radius 3 is 2.95 bits per heavy atom. The van der Waals surface area contributed by atoms with E-state index in [1.165, 1.54) is 10.5 Å². The van der Waals surface area contributed by atoms with Crippen molar-refractivity contribution >= 4 is 22.6 Å². The van der Waals surface area contributed by atoms with E-state index in [1.54, 1.807) is 7.11 Å². The van der Waals surface area contributed by atoms with Crippen molar-refractivity contribution in [1.29, 1.82) is 0 Å². The number of hydrogen-bond donors (Lipinski definition) is 2. The molecule has 1 aliphatic rings. The molecular weight excluding hydrogens is 256 g/mol. The maximum absolute atomic E-state index is 10.9. The molecule has 3 rings (SSSR count). The summed E-state index contributed by atoms with van der Waals surface area (Å²) in [5.74, 6) is 0.821. The Kier molecular flexibility index (Phi) is 3.10. The molecule has 0 spiro atoms. The molecule has 0 fully saturated rings. The van der Waals surface area contributed by atoms with Crippen LogP contribution in [0, 0.1) is 0 Å². The smallest absolute Gasteiger partial charge is 0.407 e. The van der Waals surface area contributed by atoms with Crippen molar-refractivity contribution in [3.63, 3.8) is 0 Å². The predicted molar refractivity (Wildman–Crippen MR) is 77.0 cm³/mol. The lowest BCUT2D eigenvalue weighted by Gasteiger charge is -2.23. The van der Waals surface area contributed by atoms with Gasteiger partial charge in [-0.1, -0.05) is 6.08 Å². The van der Waals surface area contributed by atoms with Crippen LogP contribution in [0.1, 0.15) is 12.0 Å². The van der Waals surface area contributed by atoms with Crippen molar-refractivity contribution < 1.29 is 14.6 Å². The van der Waals surface area contributed by atoms with Crippen LogP contribution < -0.4 is 4.74 Å². The van der Waals surface area contributed by atoms with Crippen LogP contribution in [0.25, 0.3) is 16.5 Å². The first-order valence-electron chi connectivity index (χ1n) is 6.51. The highest BCUT2D eigenvalue weighted by atomic mass is 16.5. The number of carbonyl (C=O) groups is 1. The van der Waals surface area contributed by atoms with Gasteiger partial charge in [0, 0.05) is 35.8 Å². The number of aromatic amines is 1. The van der Waals surface area contributed by atoms with Crippen LogP contribution in [-0.2, 0) is 0 Å². The zero-order chi connectivity index (χ0) is 14.1. The number of ether oxygens (including phenoxy) is 1. The number of carboxylic acid groups (broad SMARTS) is 1. The summed E-state index contributed by atoms with van der Waals surface area (Å²) in [6.45, 7) is 0.985. The number of benzene rings is 1. The van der Waals surface area contributed by atoms with Crippen molar-refractivity contribution in [2.45, 2.75) is 6.42 Å². The highest BCUT2D eigenvalue weighted by Crippen LogP contribution is 2.31. The fraction of sp³-hybridized carbons (Fsp3) is 0.267. The van der Waals surface area contributed by atoms with Crippen LogP contribution in [0.15, 0.2) is 30.5 Å². The minimum absolute atomic E-state index is 0.446. The molecule has 2 heterocycles. The summed E-state index contributed by atoms with van der Waals surface area (Å²) in [6, 6.07) is 5.92. The summed E-state index contributed by atoms with van der Waals surface area (Å²) in [6.07, 6.45) is 3.84. The SMILES string of the molecule is COc1ccc2[nH]cc(C3=CCN(C(=O)O)CC3)c2c1. The van der Waals surface area contributed by atoms with Crippen LogP contribution in [0.3, 0.4) is 0 Å². The van der Waals surface area contributed by atoms with Gasteiger partial charge in [0.1, 0.15) is 5.75 Å². The Hall–Kier alpha value is -2.43. The summed E-state index contributed by atoms with van der Waals surface area (Å²) in [5, 5.41) is 10.1. The molecule has 104 valence electrons. The van der Waals surface area contributed by atoms with E-state index in [1.807, 2.05) is 30.5 Å². The van der Waals surface area contributed by atoms with Gasteiger partial charge >= 0.3 is 6.09 Å². The number of rotatable bonds is 2. The van der Waals surface area contributed by atoms with Gasteiger partial charge in [-0.05, 0) is 30.2 Å². The van der Waals surface area contributed by atoms with E-state index < -0.39 is 6.09 Å². The molecule has 1 aromatic carbocycles. The second-order valence-electron chi connectivity index (χ2n) is 4.82. The third-order valence-corrected chi connectivity index (χ3v) is 3.71. The molecule has 0 saturated carbocycles. The van der Waals surface area contributed by atoms with Gasteiger partial charge in [0.05, 0.1) is 7.11 Å². The van der Waals surface area contributed by atoms with E-state index >= 15 is 0 Å². The standard InChI is InChI=1S/C15H16N2O3/c1-20-11-2-3-14-12(8-11)13(9-16-14)10-4-6-17(7-5-10)15(18)19/h2-4,8-9,16H,5-7H2,1H3,(H,18,19). The number of H-pyrrole nitrogens is 1. The summed E-state index contributed by atoms with van der Waals surface area (Å²) in [7, 11) is 1.65. The Morgan fingerprint density at radius 2 is 2.30 bits per heavy atom. The van der Waals surface area contributed by atoms with Gasteiger partial charge in [-0.25, -0.2) is 4.79 Å². The highest BCUT2D eigenvalue weighted by Gasteiger charge is 2.18. The lowest BCUT2D eigenvalue weighted by molar-refractivity contribution is 0.150. The van der Waals surface area contributed by atoms with E-state index in [2.05, 4.69) is 4.98 Å². The Labute approximate surface area is 116 Å². The molecule has 0 bridgehead atoms. The predicted octanol–water partition coefficient (Wildman–Crippen LogP) is 2.94. The fourth-order valence-electron chi connectivity index (χ4n) is 2.58. The minimum atomic E-state index is -0.860. The molecule has 0 unspecified atom stereocenters. The van der Waals surface area contributed by atoms with Gasteiger partial charge in [-0.3, -0.25) is 0 Å². The first kappa shape index (κ1) is 12.6.